The second-order valence-corrected chi connectivity index (χ2v) is 5.85. The lowest BCUT2D eigenvalue weighted by Gasteiger charge is -2.22. The molecule has 1 unspecified atom stereocenters. The molecule has 2 rings (SSSR count). The third-order valence-corrected chi connectivity index (χ3v) is 3.97. The maximum atomic E-state index is 3.64. The molecule has 0 saturated carbocycles. The van der Waals surface area contributed by atoms with Crippen molar-refractivity contribution in [1.29, 1.82) is 0 Å². The van der Waals surface area contributed by atoms with E-state index in [0.717, 1.165) is 13.0 Å². The smallest absolute Gasteiger partial charge is 0.0579 e. The lowest BCUT2D eigenvalue weighted by atomic mass is 9.92. The van der Waals surface area contributed by atoms with Gasteiger partial charge in [-0.1, -0.05) is 68.3 Å². The van der Waals surface area contributed by atoms with E-state index in [2.05, 4.69) is 75.5 Å². The Labute approximate surface area is 129 Å². The summed E-state index contributed by atoms with van der Waals surface area (Å²) in [4.78, 5) is 0. The van der Waals surface area contributed by atoms with Crippen LogP contribution in [0, 0.1) is 13.8 Å². The number of hydrogen-bond acceptors (Lipinski definition) is 1. The predicted octanol–water partition coefficient (Wildman–Crippen LogP) is 4.95. The van der Waals surface area contributed by atoms with Crippen LogP contribution in [-0.4, -0.2) is 6.54 Å². The zero-order valence-corrected chi connectivity index (χ0v) is 13.7. The second kappa shape index (κ2) is 7.42. The molecule has 0 saturated heterocycles. The van der Waals surface area contributed by atoms with E-state index >= 15 is 0 Å². The van der Waals surface area contributed by atoms with Crippen molar-refractivity contribution in [2.45, 2.75) is 46.6 Å². The van der Waals surface area contributed by atoms with Crippen LogP contribution in [0.3, 0.4) is 0 Å². The lowest BCUT2D eigenvalue weighted by molar-refractivity contribution is 0.626. The molecule has 1 nitrogen and oxygen atoms in total. The van der Waals surface area contributed by atoms with Crippen LogP contribution in [0.2, 0.25) is 0 Å². The fourth-order valence-electron chi connectivity index (χ4n) is 2.98. The van der Waals surface area contributed by atoms with Gasteiger partial charge in [-0.2, -0.15) is 0 Å². The Kier molecular flexibility index (Phi) is 5.58. The summed E-state index contributed by atoms with van der Waals surface area (Å²) < 4.78 is 0. The van der Waals surface area contributed by atoms with E-state index in [9.17, 15) is 0 Å². The van der Waals surface area contributed by atoms with E-state index in [1.54, 1.807) is 0 Å². The maximum Gasteiger partial charge on any atom is 0.0579 e. The largest absolute Gasteiger partial charge is 0.307 e. The molecule has 2 aromatic carbocycles. The molecule has 0 radical (unpaired) electrons. The summed E-state index contributed by atoms with van der Waals surface area (Å²) in [6, 6.07) is 16.1. The van der Waals surface area contributed by atoms with E-state index in [4.69, 9.17) is 0 Å². The number of rotatable bonds is 6. The minimum atomic E-state index is 0.285. The zero-order chi connectivity index (χ0) is 15.2. The van der Waals surface area contributed by atoms with Gasteiger partial charge >= 0.3 is 0 Å². The number of aryl methyl sites for hydroxylation is 3. The van der Waals surface area contributed by atoms with E-state index in [0.29, 0.717) is 0 Å². The van der Waals surface area contributed by atoms with Crippen LogP contribution in [0.25, 0.3) is 0 Å². The van der Waals surface area contributed by atoms with E-state index < -0.39 is 0 Å². The maximum absolute atomic E-state index is 3.64. The molecule has 1 N–H and O–H groups in total. The summed E-state index contributed by atoms with van der Waals surface area (Å²) in [5.41, 5.74) is 6.88. The summed E-state index contributed by atoms with van der Waals surface area (Å²) in [5, 5.41) is 3.64. The SMILES string of the molecule is CCCc1cccc(C(NCC)c2ccc(C)cc2C)c1. The van der Waals surface area contributed by atoms with Gasteiger partial charge < -0.3 is 5.32 Å². The first kappa shape index (κ1) is 15.8. The fraction of sp³-hybridized carbons (Fsp3) is 0.400. The van der Waals surface area contributed by atoms with Gasteiger partial charge in [0.25, 0.3) is 0 Å². The van der Waals surface area contributed by atoms with Gasteiger partial charge in [0, 0.05) is 0 Å². The summed E-state index contributed by atoms with van der Waals surface area (Å²) in [6.45, 7) is 9.74. The van der Waals surface area contributed by atoms with Gasteiger partial charge in [0.2, 0.25) is 0 Å². The number of nitrogens with one attached hydrogen (secondary N) is 1. The van der Waals surface area contributed by atoms with Gasteiger partial charge in [-0.05, 0) is 49.1 Å². The van der Waals surface area contributed by atoms with Crippen LogP contribution in [-0.2, 0) is 6.42 Å². The minimum absolute atomic E-state index is 0.285. The van der Waals surface area contributed by atoms with Gasteiger partial charge in [-0.15, -0.1) is 0 Å². The van der Waals surface area contributed by atoms with Gasteiger partial charge in [-0.3, -0.25) is 0 Å². The molecule has 21 heavy (non-hydrogen) atoms. The molecule has 112 valence electrons. The van der Waals surface area contributed by atoms with Crippen LogP contribution >= 0.6 is 0 Å². The standard InChI is InChI=1S/C20H27N/c1-5-8-17-9-7-10-18(14-17)20(21-6-2)19-12-11-15(3)13-16(19)4/h7,9-14,20-21H,5-6,8H2,1-4H3. The van der Waals surface area contributed by atoms with Crippen molar-refractivity contribution < 1.29 is 0 Å². The highest BCUT2D eigenvalue weighted by atomic mass is 14.9. The molecule has 0 aliphatic rings. The summed E-state index contributed by atoms with van der Waals surface area (Å²) in [6.07, 6.45) is 2.35. The molecule has 0 aliphatic carbocycles. The number of benzene rings is 2. The minimum Gasteiger partial charge on any atom is -0.307 e. The summed E-state index contributed by atoms with van der Waals surface area (Å²) >= 11 is 0. The lowest BCUT2D eigenvalue weighted by Crippen LogP contribution is -2.23. The first-order valence-corrected chi connectivity index (χ1v) is 8.05. The third-order valence-electron chi connectivity index (χ3n) is 3.97. The molecule has 0 bridgehead atoms. The van der Waals surface area contributed by atoms with Crippen molar-refractivity contribution in [3.63, 3.8) is 0 Å². The quantitative estimate of drug-likeness (QED) is 0.789. The van der Waals surface area contributed by atoms with Crippen molar-refractivity contribution in [1.82, 2.24) is 5.32 Å². The van der Waals surface area contributed by atoms with Gasteiger partial charge in [0.05, 0.1) is 6.04 Å². The molecule has 0 aromatic heterocycles. The third kappa shape index (κ3) is 3.95. The van der Waals surface area contributed by atoms with E-state index in [1.165, 1.54) is 34.2 Å². The van der Waals surface area contributed by atoms with Gasteiger partial charge in [0.1, 0.15) is 0 Å². The Morgan fingerprint density at radius 3 is 2.48 bits per heavy atom. The molecule has 0 amide bonds. The van der Waals surface area contributed by atoms with E-state index in [1.807, 2.05) is 0 Å². The Balaban J connectivity index is 2.40. The Morgan fingerprint density at radius 1 is 1.00 bits per heavy atom. The summed E-state index contributed by atoms with van der Waals surface area (Å²) in [7, 11) is 0. The topological polar surface area (TPSA) is 12.0 Å². The van der Waals surface area contributed by atoms with Crippen molar-refractivity contribution >= 4 is 0 Å². The molecule has 0 fully saturated rings. The van der Waals surface area contributed by atoms with Crippen LogP contribution in [0.15, 0.2) is 42.5 Å². The molecule has 1 atom stereocenters. The Hall–Kier alpha value is -1.60. The Morgan fingerprint density at radius 2 is 1.81 bits per heavy atom. The first-order chi connectivity index (χ1) is 10.2. The zero-order valence-electron chi connectivity index (χ0n) is 13.7. The molecule has 0 aliphatic heterocycles. The second-order valence-electron chi connectivity index (χ2n) is 5.85. The highest BCUT2D eigenvalue weighted by Crippen LogP contribution is 2.26. The fourth-order valence-corrected chi connectivity index (χ4v) is 2.98. The highest BCUT2D eigenvalue weighted by molar-refractivity contribution is 5.40. The van der Waals surface area contributed by atoms with Gasteiger partial charge in [0.15, 0.2) is 0 Å². The molecule has 2 aromatic rings. The predicted molar refractivity (Wildman–Crippen MR) is 91.9 cm³/mol. The normalized spacial score (nSPS) is 12.4. The molecule has 0 heterocycles. The van der Waals surface area contributed by atoms with E-state index in [-0.39, 0.29) is 6.04 Å². The van der Waals surface area contributed by atoms with Crippen LogP contribution in [0.5, 0.6) is 0 Å². The molecule has 0 spiro atoms. The van der Waals surface area contributed by atoms with Crippen molar-refractivity contribution in [2.24, 2.45) is 0 Å². The van der Waals surface area contributed by atoms with Gasteiger partial charge in [-0.25, -0.2) is 0 Å². The average molecular weight is 281 g/mol. The average Bonchev–Trinajstić information content (AvgIpc) is 2.46. The molecule has 1 heteroatoms. The highest BCUT2D eigenvalue weighted by Gasteiger charge is 2.15. The van der Waals surface area contributed by atoms with Crippen LogP contribution in [0.1, 0.15) is 54.1 Å². The van der Waals surface area contributed by atoms with Crippen LogP contribution in [0.4, 0.5) is 0 Å². The van der Waals surface area contributed by atoms with Crippen molar-refractivity contribution in [3.05, 3.63) is 70.3 Å². The summed E-state index contributed by atoms with van der Waals surface area (Å²) in [5.74, 6) is 0. The van der Waals surface area contributed by atoms with Crippen LogP contribution < -0.4 is 5.32 Å². The van der Waals surface area contributed by atoms with Crippen molar-refractivity contribution in [2.75, 3.05) is 6.54 Å². The molecular weight excluding hydrogens is 254 g/mol. The monoisotopic (exact) mass is 281 g/mol. The number of hydrogen-bond donors (Lipinski definition) is 1. The Bertz CT molecular complexity index is 586. The molecular formula is C20H27N. The first-order valence-electron chi connectivity index (χ1n) is 8.05. The van der Waals surface area contributed by atoms with Crippen molar-refractivity contribution in [3.8, 4) is 0 Å².